The van der Waals surface area contributed by atoms with Crippen molar-refractivity contribution in [3.63, 3.8) is 0 Å². The van der Waals surface area contributed by atoms with Crippen LogP contribution in [-0.4, -0.2) is 46.5 Å². The Labute approximate surface area is 122 Å². The normalized spacial score (nSPS) is 18.4. The van der Waals surface area contributed by atoms with Crippen LogP contribution in [0.4, 0.5) is 5.69 Å². The Balaban J connectivity index is 1.82. The fourth-order valence-corrected chi connectivity index (χ4v) is 2.26. The smallest absolute Gasteiger partial charge is 0.254 e. The number of amides is 1. The molecule has 1 unspecified atom stereocenters. The molecule has 0 bridgehead atoms. The van der Waals surface area contributed by atoms with Crippen molar-refractivity contribution >= 4 is 11.6 Å². The Hall–Kier alpha value is -2.25. The molecule has 1 amide bonds. The predicted octanol–water partition coefficient (Wildman–Crippen LogP) is 0.409. The van der Waals surface area contributed by atoms with Gasteiger partial charge in [0.15, 0.2) is 5.82 Å². The van der Waals surface area contributed by atoms with E-state index in [4.69, 9.17) is 4.74 Å². The minimum Gasteiger partial charge on any atom is -0.366 e. The topological polar surface area (TPSA) is 81.1 Å². The lowest BCUT2D eigenvalue weighted by Gasteiger charge is -2.23. The van der Waals surface area contributed by atoms with Crippen molar-refractivity contribution in [3.8, 4) is 11.4 Å². The summed E-state index contributed by atoms with van der Waals surface area (Å²) in [6.45, 7) is 1.85. The Morgan fingerprint density at radius 2 is 2.33 bits per heavy atom. The zero-order valence-corrected chi connectivity index (χ0v) is 11.7. The number of hydrogen-bond acceptors (Lipinski definition) is 5. The van der Waals surface area contributed by atoms with Gasteiger partial charge in [-0.1, -0.05) is 12.1 Å². The van der Waals surface area contributed by atoms with E-state index in [9.17, 15) is 4.79 Å². The van der Waals surface area contributed by atoms with Gasteiger partial charge in [-0.3, -0.25) is 4.79 Å². The largest absolute Gasteiger partial charge is 0.366 e. The molecule has 3 rings (SSSR count). The van der Waals surface area contributed by atoms with Gasteiger partial charge in [-0.25, -0.2) is 0 Å². The molecule has 0 aliphatic carbocycles. The molecule has 1 aromatic heterocycles. The van der Waals surface area contributed by atoms with Crippen molar-refractivity contribution in [3.05, 3.63) is 30.6 Å². The van der Waals surface area contributed by atoms with E-state index in [2.05, 4.69) is 20.8 Å². The number of carbonyl (C=O) groups excluding carboxylic acids is 1. The summed E-state index contributed by atoms with van der Waals surface area (Å²) in [5, 5.41) is 14.0. The van der Waals surface area contributed by atoms with Gasteiger partial charge in [0.2, 0.25) is 0 Å². The summed E-state index contributed by atoms with van der Waals surface area (Å²) in [5.74, 6) is 0.547. The highest BCUT2D eigenvalue weighted by Gasteiger charge is 2.23. The van der Waals surface area contributed by atoms with E-state index < -0.39 is 6.10 Å². The summed E-state index contributed by atoms with van der Waals surface area (Å²) < 4.78 is 7.27. The zero-order chi connectivity index (χ0) is 14.7. The maximum Gasteiger partial charge on any atom is 0.254 e. The molecular weight excluding hydrogens is 270 g/mol. The molecule has 1 aliphatic heterocycles. The molecule has 1 fully saturated rings. The number of ether oxygens (including phenoxy) is 1. The van der Waals surface area contributed by atoms with Crippen LogP contribution in [0.15, 0.2) is 30.6 Å². The van der Waals surface area contributed by atoms with E-state index in [1.165, 1.54) is 0 Å². The van der Waals surface area contributed by atoms with Crippen molar-refractivity contribution < 1.29 is 9.53 Å². The van der Waals surface area contributed by atoms with Crippen LogP contribution in [-0.2, 0) is 16.6 Å². The van der Waals surface area contributed by atoms with E-state index in [1.54, 1.807) is 6.33 Å². The molecule has 0 radical (unpaired) electrons. The molecule has 2 heterocycles. The van der Waals surface area contributed by atoms with Crippen molar-refractivity contribution in [1.29, 1.82) is 0 Å². The molecule has 1 saturated heterocycles. The number of benzene rings is 1. The van der Waals surface area contributed by atoms with Gasteiger partial charge < -0.3 is 19.9 Å². The zero-order valence-electron chi connectivity index (χ0n) is 11.7. The molecule has 2 aromatic rings. The second-order valence-electron chi connectivity index (χ2n) is 4.86. The van der Waals surface area contributed by atoms with Crippen molar-refractivity contribution in [2.75, 3.05) is 25.0 Å². The van der Waals surface area contributed by atoms with E-state index in [-0.39, 0.29) is 5.91 Å². The predicted molar refractivity (Wildman–Crippen MR) is 77.7 cm³/mol. The van der Waals surface area contributed by atoms with Crippen LogP contribution in [0.1, 0.15) is 0 Å². The van der Waals surface area contributed by atoms with Gasteiger partial charge in [0.25, 0.3) is 5.91 Å². The van der Waals surface area contributed by atoms with Crippen LogP contribution in [0.2, 0.25) is 0 Å². The standard InChI is InChI=1S/C14H17N5O2/c1-19-9-16-18-13(19)10-4-2-3-5-11(10)17-14(20)12-8-15-6-7-21-12/h2-5,9,12,15H,6-8H2,1H3,(H,17,20). The summed E-state index contributed by atoms with van der Waals surface area (Å²) in [4.78, 5) is 12.3. The van der Waals surface area contributed by atoms with Gasteiger partial charge in [-0.05, 0) is 12.1 Å². The third-order valence-corrected chi connectivity index (χ3v) is 3.36. The summed E-state index contributed by atoms with van der Waals surface area (Å²) in [6.07, 6.45) is 1.16. The fourth-order valence-electron chi connectivity index (χ4n) is 2.26. The lowest BCUT2D eigenvalue weighted by Crippen LogP contribution is -2.45. The highest BCUT2D eigenvalue weighted by Crippen LogP contribution is 2.25. The van der Waals surface area contributed by atoms with Crippen LogP contribution in [0.5, 0.6) is 0 Å². The van der Waals surface area contributed by atoms with E-state index in [0.717, 1.165) is 12.1 Å². The first kappa shape index (κ1) is 13.7. The molecule has 1 atom stereocenters. The molecule has 21 heavy (non-hydrogen) atoms. The SMILES string of the molecule is Cn1cnnc1-c1ccccc1NC(=O)C1CNCCO1. The summed E-state index contributed by atoms with van der Waals surface area (Å²) in [5.41, 5.74) is 1.53. The maximum absolute atomic E-state index is 12.3. The van der Waals surface area contributed by atoms with Crippen LogP contribution in [0, 0.1) is 0 Å². The first-order valence-corrected chi connectivity index (χ1v) is 6.82. The van der Waals surface area contributed by atoms with Crippen molar-refractivity contribution in [2.45, 2.75) is 6.10 Å². The summed E-state index contributed by atoms with van der Waals surface area (Å²) >= 11 is 0. The number of hydrogen-bond donors (Lipinski definition) is 2. The third kappa shape index (κ3) is 2.93. The first-order chi connectivity index (χ1) is 10.3. The second-order valence-corrected chi connectivity index (χ2v) is 4.86. The number of aryl methyl sites for hydroxylation is 1. The van der Waals surface area contributed by atoms with E-state index in [1.807, 2.05) is 35.9 Å². The number of nitrogens with zero attached hydrogens (tertiary/aromatic N) is 3. The van der Waals surface area contributed by atoms with Gasteiger partial charge in [0.1, 0.15) is 12.4 Å². The highest BCUT2D eigenvalue weighted by molar-refractivity contribution is 5.97. The molecular formula is C14H17N5O2. The molecule has 7 nitrogen and oxygen atoms in total. The third-order valence-electron chi connectivity index (χ3n) is 3.36. The van der Waals surface area contributed by atoms with Crippen LogP contribution in [0.25, 0.3) is 11.4 Å². The quantitative estimate of drug-likeness (QED) is 0.854. The maximum atomic E-state index is 12.3. The number of anilines is 1. The van der Waals surface area contributed by atoms with E-state index >= 15 is 0 Å². The molecule has 0 saturated carbocycles. The van der Waals surface area contributed by atoms with Crippen molar-refractivity contribution in [1.82, 2.24) is 20.1 Å². The average molecular weight is 287 g/mol. The summed E-state index contributed by atoms with van der Waals surface area (Å²) in [7, 11) is 1.86. The Bertz CT molecular complexity index is 634. The second kappa shape index (κ2) is 6.02. The highest BCUT2D eigenvalue weighted by atomic mass is 16.5. The van der Waals surface area contributed by atoms with Crippen LogP contribution >= 0.6 is 0 Å². The van der Waals surface area contributed by atoms with Crippen LogP contribution in [0.3, 0.4) is 0 Å². The molecule has 7 heteroatoms. The van der Waals surface area contributed by atoms with Gasteiger partial charge >= 0.3 is 0 Å². The van der Waals surface area contributed by atoms with E-state index in [0.29, 0.717) is 24.7 Å². The molecule has 2 N–H and O–H groups in total. The minimum atomic E-state index is -0.466. The number of carbonyl (C=O) groups is 1. The van der Waals surface area contributed by atoms with Crippen LogP contribution < -0.4 is 10.6 Å². The number of aromatic nitrogens is 3. The lowest BCUT2D eigenvalue weighted by molar-refractivity contribution is -0.128. The Morgan fingerprint density at radius 1 is 1.48 bits per heavy atom. The molecule has 0 spiro atoms. The number of rotatable bonds is 3. The van der Waals surface area contributed by atoms with Crippen molar-refractivity contribution in [2.24, 2.45) is 7.05 Å². The van der Waals surface area contributed by atoms with Gasteiger partial charge in [-0.2, -0.15) is 0 Å². The summed E-state index contributed by atoms with van der Waals surface area (Å²) in [6, 6.07) is 7.52. The Morgan fingerprint density at radius 3 is 3.05 bits per heavy atom. The number of nitrogens with one attached hydrogen (secondary N) is 2. The molecule has 1 aliphatic rings. The first-order valence-electron chi connectivity index (χ1n) is 6.82. The minimum absolute atomic E-state index is 0.156. The Kier molecular flexibility index (Phi) is 3.94. The fraction of sp³-hybridized carbons (Fsp3) is 0.357. The number of para-hydroxylation sites is 1. The molecule has 110 valence electrons. The monoisotopic (exact) mass is 287 g/mol. The van der Waals surface area contributed by atoms with Gasteiger partial charge in [0, 0.05) is 25.7 Å². The lowest BCUT2D eigenvalue weighted by atomic mass is 10.1. The number of morpholine rings is 1. The van der Waals surface area contributed by atoms with Gasteiger partial charge in [-0.15, -0.1) is 10.2 Å². The van der Waals surface area contributed by atoms with Gasteiger partial charge in [0.05, 0.1) is 12.3 Å². The average Bonchev–Trinajstić information content (AvgIpc) is 2.95. The molecule has 1 aromatic carbocycles.